The largest absolute Gasteiger partial charge is 0.351 e. The average Bonchev–Trinajstić information content (AvgIpc) is 2.54. The second-order valence-corrected chi connectivity index (χ2v) is 6.13. The summed E-state index contributed by atoms with van der Waals surface area (Å²) in [7, 11) is 0. The van der Waals surface area contributed by atoms with E-state index in [1.54, 1.807) is 0 Å². The number of hydrogen-bond donors (Lipinski definition) is 2. The summed E-state index contributed by atoms with van der Waals surface area (Å²) in [6, 6.07) is 0. The van der Waals surface area contributed by atoms with Crippen LogP contribution in [-0.4, -0.2) is 26.2 Å². The summed E-state index contributed by atoms with van der Waals surface area (Å²) in [6.07, 6.45) is 0.408. The summed E-state index contributed by atoms with van der Waals surface area (Å²) >= 11 is 5.17. The second-order valence-electron chi connectivity index (χ2n) is 5.74. The van der Waals surface area contributed by atoms with Gasteiger partial charge in [0.25, 0.3) is 0 Å². The first-order valence-corrected chi connectivity index (χ1v) is 6.57. The van der Waals surface area contributed by atoms with E-state index in [2.05, 4.69) is 29.4 Å². The summed E-state index contributed by atoms with van der Waals surface area (Å²) in [4.78, 5) is 11.8. The molecule has 1 amide bonds. The van der Waals surface area contributed by atoms with Crippen molar-refractivity contribution in [3.63, 3.8) is 0 Å². The van der Waals surface area contributed by atoms with E-state index in [-0.39, 0.29) is 17.4 Å². The van der Waals surface area contributed by atoms with Gasteiger partial charge < -0.3 is 9.88 Å². The summed E-state index contributed by atoms with van der Waals surface area (Å²) in [6.45, 7) is 10.6. The maximum atomic E-state index is 11.8. The minimum Gasteiger partial charge on any atom is -0.351 e. The molecule has 0 saturated carbocycles. The molecule has 0 fully saturated rings. The third-order valence-corrected chi connectivity index (χ3v) is 2.69. The number of nitrogens with one attached hydrogen (secondary N) is 2. The minimum absolute atomic E-state index is 0.0281. The highest BCUT2D eigenvalue weighted by Gasteiger charge is 2.15. The summed E-state index contributed by atoms with van der Waals surface area (Å²) in [5.41, 5.74) is -0.199. The van der Waals surface area contributed by atoms with Crippen molar-refractivity contribution in [1.29, 1.82) is 0 Å². The van der Waals surface area contributed by atoms with Crippen molar-refractivity contribution < 1.29 is 4.79 Å². The van der Waals surface area contributed by atoms with Crippen LogP contribution in [0.25, 0.3) is 0 Å². The molecule has 0 aromatic carbocycles. The number of amides is 1. The zero-order valence-electron chi connectivity index (χ0n) is 11.7. The molecule has 1 aromatic heterocycles. The van der Waals surface area contributed by atoms with Gasteiger partial charge in [0.2, 0.25) is 5.91 Å². The van der Waals surface area contributed by atoms with Crippen LogP contribution in [0.5, 0.6) is 0 Å². The molecule has 1 aromatic rings. The molecule has 1 heterocycles. The lowest BCUT2D eigenvalue weighted by atomic mass is 10.1. The van der Waals surface area contributed by atoms with Crippen molar-refractivity contribution in [2.75, 3.05) is 0 Å². The van der Waals surface area contributed by atoms with Crippen molar-refractivity contribution in [2.24, 2.45) is 0 Å². The minimum atomic E-state index is -0.199. The number of aromatic nitrogens is 3. The molecule has 0 unspecified atom stereocenters. The van der Waals surface area contributed by atoms with Gasteiger partial charge in [-0.25, -0.2) is 0 Å². The van der Waals surface area contributed by atoms with Crippen LogP contribution in [0.3, 0.4) is 0 Å². The van der Waals surface area contributed by atoms with E-state index in [1.165, 1.54) is 0 Å². The Morgan fingerprint density at radius 1 is 1.50 bits per heavy atom. The lowest BCUT2D eigenvalue weighted by molar-refractivity contribution is -0.122. The predicted molar refractivity (Wildman–Crippen MR) is 74.0 cm³/mol. The molecule has 0 aliphatic rings. The number of aromatic amines is 1. The van der Waals surface area contributed by atoms with Crippen molar-refractivity contribution in [1.82, 2.24) is 20.1 Å². The molecule has 0 aliphatic carbocycles. The van der Waals surface area contributed by atoms with E-state index in [0.717, 1.165) is 5.82 Å². The van der Waals surface area contributed by atoms with Crippen molar-refractivity contribution >= 4 is 18.1 Å². The molecule has 0 saturated heterocycles. The molecule has 18 heavy (non-hydrogen) atoms. The van der Waals surface area contributed by atoms with Gasteiger partial charge in [-0.1, -0.05) is 13.8 Å². The standard InChI is InChI=1S/C12H22N4OS/c1-8(2)10-14-15-11(18)16(10)7-6-9(17)13-12(3,4)5/h8H,6-7H2,1-5H3,(H,13,17)(H,15,18). The highest BCUT2D eigenvalue weighted by molar-refractivity contribution is 7.71. The Bertz CT molecular complexity index is 467. The fraction of sp³-hybridized carbons (Fsp3) is 0.750. The van der Waals surface area contributed by atoms with Crippen LogP contribution < -0.4 is 5.32 Å². The second kappa shape index (κ2) is 5.65. The first-order chi connectivity index (χ1) is 8.20. The normalized spacial score (nSPS) is 11.9. The molecule has 0 radical (unpaired) electrons. The molecule has 5 nitrogen and oxygen atoms in total. The number of H-pyrrole nitrogens is 1. The lowest BCUT2D eigenvalue weighted by Crippen LogP contribution is -2.40. The van der Waals surface area contributed by atoms with Gasteiger partial charge in [-0.15, -0.1) is 0 Å². The Morgan fingerprint density at radius 3 is 2.61 bits per heavy atom. The number of nitrogens with zero attached hydrogens (tertiary/aromatic N) is 2. The van der Waals surface area contributed by atoms with Gasteiger partial charge in [-0.3, -0.25) is 9.89 Å². The number of rotatable bonds is 4. The SMILES string of the molecule is CC(C)c1n[nH]c(=S)n1CCC(=O)NC(C)(C)C. The number of carbonyl (C=O) groups excluding carboxylic acids is 1. The Morgan fingerprint density at radius 2 is 2.11 bits per heavy atom. The van der Waals surface area contributed by atoms with E-state index in [9.17, 15) is 4.79 Å². The van der Waals surface area contributed by atoms with E-state index in [4.69, 9.17) is 12.2 Å². The van der Waals surface area contributed by atoms with Gasteiger partial charge in [-0.05, 0) is 33.0 Å². The van der Waals surface area contributed by atoms with E-state index < -0.39 is 0 Å². The first-order valence-electron chi connectivity index (χ1n) is 6.17. The Balaban J connectivity index is 2.67. The molecular formula is C12H22N4OS. The van der Waals surface area contributed by atoms with Crippen LogP contribution in [0, 0.1) is 4.77 Å². The van der Waals surface area contributed by atoms with Gasteiger partial charge >= 0.3 is 0 Å². The Kier molecular flexibility index (Phi) is 4.67. The van der Waals surface area contributed by atoms with Gasteiger partial charge in [0.15, 0.2) is 4.77 Å². The smallest absolute Gasteiger partial charge is 0.222 e. The highest BCUT2D eigenvalue weighted by atomic mass is 32.1. The van der Waals surface area contributed by atoms with Crippen molar-refractivity contribution in [3.05, 3.63) is 10.6 Å². The molecule has 6 heteroatoms. The van der Waals surface area contributed by atoms with Gasteiger partial charge in [0, 0.05) is 24.4 Å². The maximum Gasteiger partial charge on any atom is 0.222 e. The van der Waals surface area contributed by atoms with Crippen LogP contribution in [0.15, 0.2) is 0 Å². The van der Waals surface area contributed by atoms with Crippen LogP contribution in [0.1, 0.15) is 52.8 Å². The lowest BCUT2D eigenvalue weighted by Gasteiger charge is -2.20. The Labute approximate surface area is 113 Å². The first kappa shape index (κ1) is 14.9. The molecule has 102 valence electrons. The molecule has 2 N–H and O–H groups in total. The topological polar surface area (TPSA) is 62.7 Å². The quantitative estimate of drug-likeness (QED) is 0.826. The fourth-order valence-electron chi connectivity index (χ4n) is 1.68. The average molecular weight is 270 g/mol. The van der Waals surface area contributed by atoms with Crippen molar-refractivity contribution in [3.8, 4) is 0 Å². The van der Waals surface area contributed by atoms with Crippen LogP contribution in [0.2, 0.25) is 0 Å². The molecule has 0 bridgehead atoms. The Hall–Kier alpha value is -1.17. The maximum absolute atomic E-state index is 11.8. The van der Waals surface area contributed by atoms with Crippen molar-refractivity contribution in [2.45, 2.75) is 59.0 Å². The number of hydrogen-bond acceptors (Lipinski definition) is 3. The molecule has 0 atom stereocenters. The van der Waals surface area contributed by atoms with Gasteiger partial charge in [-0.2, -0.15) is 5.10 Å². The van der Waals surface area contributed by atoms with Crippen LogP contribution in [-0.2, 0) is 11.3 Å². The predicted octanol–water partition coefficient (Wildman–Crippen LogP) is 2.37. The monoisotopic (exact) mass is 270 g/mol. The zero-order chi connectivity index (χ0) is 13.9. The summed E-state index contributed by atoms with van der Waals surface area (Å²) in [5.74, 6) is 1.20. The molecule has 0 aliphatic heterocycles. The molecule has 0 spiro atoms. The van der Waals surface area contributed by atoms with Crippen LogP contribution >= 0.6 is 12.2 Å². The highest BCUT2D eigenvalue weighted by Crippen LogP contribution is 2.12. The summed E-state index contributed by atoms with van der Waals surface area (Å²) < 4.78 is 2.46. The molecular weight excluding hydrogens is 248 g/mol. The van der Waals surface area contributed by atoms with E-state index in [0.29, 0.717) is 17.7 Å². The summed E-state index contributed by atoms with van der Waals surface area (Å²) in [5, 5.41) is 9.89. The van der Waals surface area contributed by atoms with Gasteiger partial charge in [0.1, 0.15) is 5.82 Å². The van der Waals surface area contributed by atoms with E-state index >= 15 is 0 Å². The van der Waals surface area contributed by atoms with Crippen LogP contribution in [0.4, 0.5) is 0 Å². The third-order valence-electron chi connectivity index (χ3n) is 2.38. The fourth-order valence-corrected chi connectivity index (χ4v) is 1.91. The zero-order valence-corrected chi connectivity index (χ0v) is 12.5. The third kappa shape index (κ3) is 4.25. The molecule has 1 rings (SSSR count). The van der Waals surface area contributed by atoms with E-state index in [1.807, 2.05) is 25.3 Å². The van der Waals surface area contributed by atoms with Gasteiger partial charge in [0.05, 0.1) is 0 Å². The number of carbonyl (C=O) groups is 1.